The Morgan fingerprint density at radius 1 is 1.20 bits per heavy atom. The van der Waals surface area contributed by atoms with Crippen molar-refractivity contribution in [3.63, 3.8) is 0 Å². The van der Waals surface area contributed by atoms with Crippen LogP contribution in [0.2, 0.25) is 0 Å². The minimum Gasteiger partial charge on any atom is -0.445 e. The summed E-state index contributed by atoms with van der Waals surface area (Å²) in [7, 11) is 0. The van der Waals surface area contributed by atoms with Crippen molar-refractivity contribution >= 4 is 12.4 Å². The molecule has 0 radical (unpaired) electrons. The van der Waals surface area contributed by atoms with E-state index in [4.69, 9.17) is 0 Å². The molecule has 1 rings (SSSR count). The van der Waals surface area contributed by atoms with Gasteiger partial charge in [-0.3, -0.25) is 5.10 Å². The van der Waals surface area contributed by atoms with Gasteiger partial charge in [-0.25, -0.2) is 0 Å². The van der Waals surface area contributed by atoms with E-state index in [0.717, 1.165) is 6.92 Å². The zero-order chi connectivity index (χ0) is 11.1. The first kappa shape index (κ1) is 14.5. The number of hydrogen-bond acceptors (Lipinski definition) is 1. The largest absolute Gasteiger partial charge is 1.00 e. The van der Waals surface area contributed by atoms with Crippen molar-refractivity contribution in [1.82, 2.24) is 10.2 Å². The van der Waals surface area contributed by atoms with Gasteiger partial charge in [0.15, 0.2) is 0 Å². The van der Waals surface area contributed by atoms with E-state index in [1.54, 1.807) is 5.10 Å². The number of aromatic nitrogens is 2. The smallest absolute Gasteiger partial charge is 0.445 e. The molecule has 0 aliphatic heterocycles. The maximum atomic E-state index is 12.2. The molecule has 80 valence electrons. The van der Waals surface area contributed by atoms with Gasteiger partial charge < -0.3 is 12.9 Å². The Balaban J connectivity index is 0.00000196. The third-order valence-corrected chi connectivity index (χ3v) is 1.59. The third kappa shape index (κ3) is 2.95. The van der Waals surface area contributed by atoms with E-state index in [2.05, 4.69) is 5.10 Å². The first-order chi connectivity index (χ1) is 6.14. The van der Waals surface area contributed by atoms with Crippen LogP contribution in [0.4, 0.5) is 26.1 Å². The number of nitrogens with zero attached hydrogens (tertiary/aromatic N) is 1. The van der Waals surface area contributed by atoms with Crippen molar-refractivity contribution in [2.24, 2.45) is 0 Å². The van der Waals surface area contributed by atoms with Gasteiger partial charge in [0.2, 0.25) is 0 Å². The molecule has 15 heavy (non-hydrogen) atoms. The summed E-state index contributed by atoms with van der Waals surface area (Å²) in [6.45, 7) is -4.81. The minimum atomic E-state index is -5.70. The molecule has 1 aromatic heterocycles. The van der Waals surface area contributed by atoms with Gasteiger partial charge in [-0.05, 0) is 6.92 Å². The van der Waals surface area contributed by atoms with Gasteiger partial charge in [-0.15, -0.1) is 0 Å². The molecule has 1 N–H and O–H groups in total. The van der Waals surface area contributed by atoms with Crippen LogP contribution >= 0.6 is 0 Å². The molecule has 0 bridgehead atoms. The molecular formula is C5H4BF6LiN2. The molecule has 10 heteroatoms. The number of hydrogen-bond donors (Lipinski definition) is 1. The maximum absolute atomic E-state index is 12.2. The SMILES string of the molecule is Cc1[nH]nc(C(F)(F)F)c1[B-](F)(F)F.[Li+]. The molecule has 0 fully saturated rings. The molecule has 0 saturated carbocycles. The molecule has 1 aromatic rings. The second kappa shape index (κ2) is 4.14. The maximum Gasteiger partial charge on any atom is 1.00 e. The van der Waals surface area contributed by atoms with Crippen LogP contribution in [0.3, 0.4) is 0 Å². The van der Waals surface area contributed by atoms with Crippen molar-refractivity contribution in [2.75, 3.05) is 0 Å². The first-order valence-corrected chi connectivity index (χ1v) is 3.46. The number of H-pyrrole nitrogens is 1. The van der Waals surface area contributed by atoms with Crippen LogP contribution in [0.5, 0.6) is 0 Å². The van der Waals surface area contributed by atoms with Gasteiger partial charge >= 0.3 is 32.0 Å². The molecule has 1 heterocycles. The molecule has 2 nitrogen and oxygen atoms in total. The van der Waals surface area contributed by atoms with Crippen molar-refractivity contribution in [1.29, 1.82) is 0 Å². The molecule has 0 amide bonds. The van der Waals surface area contributed by atoms with Crippen LogP contribution in [0, 0.1) is 6.92 Å². The Morgan fingerprint density at radius 3 is 1.93 bits per heavy atom. The van der Waals surface area contributed by atoms with Crippen LogP contribution in [0.1, 0.15) is 11.4 Å². The van der Waals surface area contributed by atoms with Crippen LogP contribution in [-0.4, -0.2) is 17.2 Å². The summed E-state index contributed by atoms with van der Waals surface area (Å²) in [6.07, 6.45) is -5.09. The summed E-state index contributed by atoms with van der Waals surface area (Å²) in [5.41, 5.74) is -4.22. The number of rotatable bonds is 1. The van der Waals surface area contributed by atoms with E-state index < -0.39 is 30.0 Å². The van der Waals surface area contributed by atoms with Gasteiger partial charge in [0.25, 0.3) is 0 Å². The van der Waals surface area contributed by atoms with Gasteiger partial charge in [0.1, 0.15) is 5.69 Å². The molecule has 0 aromatic carbocycles. The fraction of sp³-hybridized carbons (Fsp3) is 0.400. The standard InChI is InChI=1S/C5H4BF6N2.Li/c1-2-3(6(10,11)12)4(14-13-2)5(7,8)9;/h1H3,(H,13,14);/q-1;+1. The zero-order valence-corrected chi connectivity index (χ0v) is 7.79. The predicted octanol–water partition coefficient (Wildman–Crippen LogP) is -1.20. The first-order valence-electron chi connectivity index (χ1n) is 3.46. The second-order valence-corrected chi connectivity index (χ2v) is 2.68. The van der Waals surface area contributed by atoms with E-state index in [-0.39, 0.29) is 18.9 Å². The molecule has 0 atom stereocenters. The quantitative estimate of drug-likeness (QED) is 0.470. The van der Waals surface area contributed by atoms with Crippen LogP contribution < -0.4 is 24.3 Å². The van der Waals surface area contributed by atoms with Crippen molar-refractivity contribution in [3.05, 3.63) is 11.4 Å². The van der Waals surface area contributed by atoms with E-state index in [9.17, 15) is 26.1 Å². The summed E-state index contributed by atoms with van der Waals surface area (Å²) < 4.78 is 72.6. The van der Waals surface area contributed by atoms with Gasteiger partial charge in [0, 0.05) is 5.69 Å². The van der Waals surface area contributed by atoms with Crippen LogP contribution in [0.15, 0.2) is 0 Å². The Morgan fingerprint density at radius 2 is 1.67 bits per heavy atom. The summed E-state index contributed by atoms with van der Waals surface area (Å²) in [6, 6.07) is 0. The molecule has 0 saturated heterocycles. The van der Waals surface area contributed by atoms with E-state index in [1.807, 2.05) is 0 Å². The second-order valence-electron chi connectivity index (χ2n) is 2.68. The zero-order valence-electron chi connectivity index (χ0n) is 7.79. The third-order valence-electron chi connectivity index (χ3n) is 1.59. The topological polar surface area (TPSA) is 28.7 Å². The van der Waals surface area contributed by atoms with E-state index >= 15 is 0 Å². The van der Waals surface area contributed by atoms with Crippen LogP contribution in [-0.2, 0) is 6.18 Å². The van der Waals surface area contributed by atoms with Crippen molar-refractivity contribution in [2.45, 2.75) is 13.1 Å². The summed E-state index contributed by atoms with van der Waals surface area (Å²) in [5, 5.41) is 4.28. The summed E-state index contributed by atoms with van der Waals surface area (Å²) in [4.78, 5) is 0. The number of alkyl halides is 3. The average molecular weight is 224 g/mol. The van der Waals surface area contributed by atoms with E-state index in [0.29, 0.717) is 0 Å². The summed E-state index contributed by atoms with van der Waals surface area (Å²) >= 11 is 0. The number of nitrogens with one attached hydrogen (secondary N) is 1. The number of halogens is 6. The molecule has 0 aliphatic rings. The summed E-state index contributed by atoms with van der Waals surface area (Å²) in [5.74, 6) is 0. The Hall–Kier alpha value is -0.548. The van der Waals surface area contributed by atoms with E-state index in [1.165, 1.54) is 0 Å². The monoisotopic (exact) mass is 224 g/mol. The van der Waals surface area contributed by atoms with Gasteiger partial charge in [-0.2, -0.15) is 18.3 Å². The van der Waals surface area contributed by atoms with Gasteiger partial charge in [0.05, 0.1) is 0 Å². The fourth-order valence-electron chi connectivity index (χ4n) is 1.05. The number of aromatic amines is 1. The predicted molar refractivity (Wildman–Crippen MR) is 37.0 cm³/mol. The normalized spacial score (nSPS) is 12.5. The Bertz CT molecular complexity index is 342. The van der Waals surface area contributed by atoms with Crippen molar-refractivity contribution in [3.8, 4) is 0 Å². The number of aryl methyl sites for hydroxylation is 1. The van der Waals surface area contributed by atoms with Gasteiger partial charge in [-0.1, -0.05) is 5.46 Å². The molecule has 0 spiro atoms. The molecule has 0 aliphatic carbocycles. The molecule has 0 unspecified atom stereocenters. The fourth-order valence-corrected chi connectivity index (χ4v) is 1.05. The minimum absolute atomic E-state index is 0. The Kier molecular flexibility index (Phi) is 3.99. The Labute approximate surface area is 92.7 Å². The molecular weight excluding hydrogens is 220 g/mol. The average Bonchev–Trinajstić information content (AvgIpc) is 2.27. The van der Waals surface area contributed by atoms with Crippen molar-refractivity contribution < 1.29 is 45.0 Å². The van der Waals surface area contributed by atoms with Crippen LogP contribution in [0.25, 0.3) is 0 Å².